The highest BCUT2D eigenvalue weighted by Gasteiger charge is 2.25. The molecule has 0 radical (unpaired) electrons. The van der Waals surface area contributed by atoms with Gasteiger partial charge in [0.15, 0.2) is 0 Å². The maximum atomic E-state index is 12.0. The van der Waals surface area contributed by atoms with Crippen LogP contribution in [0.4, 0.5) is 0 Å². The second kappa shape index (κ2) is 5.95. The topological polar surface area (TPSA) is 70.7 Å². The lowest BCUT2D eigenvalue weighted by Crippen LogP contribution is -2.21. The first-order valence-corrected chi connectivity index (χ1v) is 7.01. The van der Waals surface area contributed by atoms with Crippen LogP contribution < -0.4 is 0 Å². The van der Waals surface area contributed by atoms with Crippen molar-refractivity contribution in [3.05, 3.63) is 29.0 Å². The highest BCUT2D eigenvalue weighted by molar-refractivity contribution is 6.24. The number of likely N-dealkylation sites (N-methyl/N-ethyl adjacent to an activating group) is 1. The normalized spacial score (nSPS) is 17.3. The molecule has 0 saturated carbocycles. The third-order valence-corrected chi connectivity index (χ3v) is 3.40. The number of hydrazone groups is 1. The number of aromatic hydroxyl groups is 1. The number of carbonyl (C=O) groups is 1. The first-order chi connectivity index (χ1) is 9.99. The van der Waals surface area contributed by atoms with Gasteiger partial charge in [-0.25, -0.2) is 9.69 Å². The molecule has 1 aliphatic rings. The molecule has 0 fully saturated rings. The summed E-state index contributed by atoms with van der Waals surface area (Å²) in [7, 11) is 0. The number of carbonyl (C=O) groups excluding carboxylic acids is 1. The smallest absolute Gasteiger partial charge is 0.275 e. The van der Waals surface area contributed by atoms with E-state index < -0.39 is 0 Å². The molecule has 0 spiro atoms. The standard InChI is InChI=1S/C15H20N4O2/c1-5-18-14(20)12(10(3)16-18)8-7-9-13-11(4)17-19(6-2)15(13)21/h7-9,20H,5-6H2,1-4H3/b8-7+,13-9+. The van der Waals surface area contributed by atoms with Gasteiger partial charge < -0.3 is 5.11 Å². The van der Waals surface area contributed by atoms with Crippen molar-refractivity contribution in [1.29, 1.82) is 0 Å². The van der Waals surface area contributed by atoms with Crippen LogP contribution in [-0.4, -0.2) is 38.1 Å². The van der Waals surface area contributed by atoms with E-state index in [-0.39, 0.29) is 11.8 Å². The molecule has 21 heavy (non-hydrogen) atoms. The van der Waals surface area contributed by atoms with Gasteiger partial charge in [0.2, 0.25) is 5.88 Å². The van der Waals surface area contributed by atoms with Crippen LogP contribution in [0.5, 0.6) is 5.88 Å². The van der Waals surface area contributed by atoms with E-state index in [2.05, 4.69) is 10.2 Å². The van der Waals surface area contributed by atoms with E-state index in [0.717, 1.165) is 5.69 Å². The van der Waals surface area contributed by atoms with E-state index in [1.165, 1.54) is 9.69 Å². The van der Waals surface area contributed by atoms with Gasteiger partial charge in [-0.3, -0.25) is 4.79 Å². The van der Waals surface area contributed by atoms with Gasteiger partial charge in [0.25, 0.3) is 5.91 Å². The SMILES string of the molecule is CCN1N=C(C)/C(=C\C=C\c2c(C)nn(CC)c2O)C1=O. The quantitative estimate of drug-likeness (QED) is 0.862. The second-order valence-electron chi connectivity index (χ2n) is 4.78. The van der Waals surface area contributed by atoms with Gasteiger partial charge in [-0.2, -0.15) is 10.2 Å². The molecule has 2 rings (SSSR count). The van der Waals surface area contributed by atoms with Crippen LogP contribution in [0.25, 0.3) is 6.08 Å². The van der Waals surface area contributed by atoms with Crippen molar-refractivity contribution in [1.82, 2.24) is 14.8 Å². The molecule has 0 aliphatic carbocycles. The summed E-state index contributed by atoms with van der Waals surface area (Å²) in [6, 6.07) is 0. The molecule has 1 aromatic heterocycles. The number of hydrogen-bond donors (Lipinski definition) is 1. The summed E-state index contributed by atoms with van der Waals surface area (Å²) < 4.78 is 1.54. The lowest BCUT2D eigenvalue weighted by molar-refractivity contribution is -0.125. The highest BCUT2D eigenvalue weighted by atomic mass is 16.3. The number of nitrogens with zero attached hydrogens (tertiary/aromatic N) is 4. The third kappa shape index (κ3) is 2.74. The van der Waals surface area contributed by atoms with Crippen molar-refractivity contribution in [2.24, 2.45) is 5.10 Å². The maximum absolute atomic E-state index is 12.0. The number of aromatic nitrogens is 2. The number of allylic oxidation sites excluding steroid dienone is 2. The molecule has 6 nitrogen and oxygen atoms in total. The first kappa shape index (κ1) is 15.0. The maximum Gasteiger partial charge on any atom is 0.275 e. The zero-order chi connectivity index (χ0) is 15.6. The molecule has 1 aromatic rings. The van der Waals surface area contributed by atoms with Crippen molar-refractivity contribution in [3.8, 4) is 5.88 Å². The van der Waals surface area contributed by atoms with E-state index in [1.54, 1.807) is 18.2 Å². The Balaban J connectivity index is 2.24. The monoisotopic (exact) mass is 288 g/mol. The van der Waals surface area contributed by atoms with Gasteiger partial charge in [-0.05, 0) is 39.8 Å². The average Bonchev–Trinajstić information content (AvgIpc) is 2.89. The van der Waals surface area contributed by atoms with E-state index in [1.807, 2.05) is 27.7 Å². The Labute approximate surface area is 124 Å². The van der Waals surface area contributed by atoms with E-state index in [4.69, 9.17) is 0 Å². The Hall–Kier alpha value is -2.37. The zero-order valence-corrected chi connectivity index (χ0v) is 12.8. The van der Waals surface area contributed by atoms with Gasteiger partial charge >= 0.3 is 0 Å². The molecule has 6 heteroatoms. The van der Waals surface area contributed by atoms with Crippen molar-refractivity contribution in [3.63, 3.8) is 0 Å². The molecule has 1 amide bonds. The van der Waals surface area contributed by atoms with Crippen LogP contribution in [-0.2, 0) is 11.3 Å². The van der Waals surface area contributed by atoms with E-state index in [0.29, 0.717) is 29.9 Å². The summed E-state index contributed by atoms with van der Waals surface area (Å²) in [6.45, 7) is 8.61. The van der Waals surface area contributed by atoms with Crippen molar-refractivity contribution in [2.75, 3.05) is 6.54 Å². The minimum Gasteiger partial charge on any atom is -0.493 e. The molecule has 0 bridgehead atoms. The molecular formula is C15H20N4O2. The fraction of sp³-hybridized carbons (Fsp3) is 0.400. The molecule has 0 saturated heterocycles. The van der Waals surface area contributed by atoms with E-state index in [9.17, 15) is 9.90 Å². The molecule has 0 unspecified atom stereocenters. The second-order valence-corrected chi connectivity index (χ2v) is 4.78. The molecule has 2 heterocycles. The Morgan fingerprint density at radius 1 is 1.24 bits per heavy atom. The Kier molecular flexibility index (Phi) is 4.26. The minimum absolute atomic E-state index is 0.0927. The Morgan fingerprint density at radius 2 is 1.95 bits per heavy atom. The summed E-state index contributed by atoms with van der Waals surface area (Å²) in [5.41, 5.74) is 2.70. The third-order valence-electron chi connectivity index (χ3n) is 3.40. The molecule has 0 aromatic carbocycles. The van der Waals surface area contributed by atoms with Crippen LogP contribution in [0, 0.1) is 6.92 Å². The Morgan fingerprint density at radius 3 is 2.48 bits per heavy atom. The van der Waals surface area contributed by atoms with Crippen LogP contribution in [0.1, 0.15) is 32.0 Å². The molecular weight excluding hydrogens is 268 g/mol. The molecule has 1 N–H and O–H groups in total. The lowest BCUT2D eigenvalue weighted by Gasteiger charge is -2.06. The lowest BCUT2D eigenvalue weighted by atomic mass is 10.1. The van der Waals surface area contributed by atoms with Crippen molar-refractivity contribution >= 4 is 17.7 Å². The zero-order valence-electron chi connectivity index (χ0n) is 12.8. The number of rotatable bonds is 4. The molecule has 1 aliphatic heterocycles. The fourth-order valence-corrected chi connectivity index (χ4v) is 2.22. The fourth-order valence-electron chi connectivity index (χ4n) is 2.22. The van der Waals surface area contributed by atoms with Gasteiger partial charge in [-0.1, -0.05) is 6.08 Å². The van der Waals surface area contributed by atoms with Crippen LogP contribution in [0.15, 0.2) is 22.8 Å². The van der Waals surface area contributed by atoms with Crippen LogP contribution in [0.2, 0.25) is 0 Å². The van der Waals surface area contributed by atoms with Crippen molar-refractivity contribution < 1.29 is 9.90 Å². The summed E-state index contributed by atoms with van der Waals surface area (Å²) in [4.78, 5) is 12.0. The Bertz CT molecular complexity index is 653. The van der Waals surface area contributed by atoms with Crippen LogP contribution >= 0.6 is 0 Å². The predicted molar refractivity (Wildman–Crippen MR) is 81.9 cm³/mol. The van der Waals surface area contributed by atoms with Gasteiger partial charge in [0.1, 0.15) is 0 Å². The largest absolute Gasteiger partial charge is 0.493 e. The van der Waals surface area contributed by atoms with E-state index >= 15 is 0 Å². The predicted octanol–water partition coefficient (Wildman–Crippen LogP) is 2.09. The summed E-state index contributed by atoms with van der Waals surface area (Å²) in [5.74, 6) is 0.0489. The van der Waals surface area contributed by atoms with Gasteiger partial charge in [0.05, 0.1) is 22.5 Å². The first-order valence-electron chi connectivity index (χ1n) is 7.01. The highest BCUT2D eigenvalue weighted by Crippen LogP contribution is 2.22. The number of amides is 1. The molecule has 112 valence electrons. The summed E-state index contributed by atoms with van der Waals surface area (Å²) in [5, 5.41) is 19.9. The molecule has 0 atom stereocenters. The number of aryl methyl sites for hydroxylation is 2. The average molecular weight is 288 g/mol. The summed E-state index contributed by atoms with van der Waals surface area (Å²) in [6.07, 6.45) is 5.22. The van der Waals surface area contributed by atoms with Gasteiger partial charge in [0, 0.05) is 13.1 Å². The number of hydrogen-bond acceptors (Lipinski definition) is 4. The van der Waals surface area contributed by atoms with Crippen LogP contribution in [0.3, 0.4) is 0 Å². The summed E-state index contributed by atoms with van der Waals surface area (Å²) >= 11 is 0. The minimum atomic E-state index is -0.0927. The van der Waals surface area contributed by atoms with Crippen molar-refractivity contribution in [2.45, 2.75) is 34.2 Å². The van der Waals surface area contributed by atoms with Gasteiger partial charge in [-0.15, -0.1) is 0 Å².